The molecule has 2 N–H and O–H groups in total. The molecule has 2 saturated heterocycles. The molecule has 1 amide bonds. The van der Waals surface area contributed by atoms with Crippen molar-refractivity contribution in [2.45, 2.75) is 6.17 Å². The number of para-hydroxylation sites is 1. The lowest BCUT2D eigenvalue weighted by atomic mass is 10.1. The first-order valence-corrected chi connectivity index (χ1v) is 12.8. The number of carbonyl (C=O) groups excluding carboxylic acids is 1. The predicted octanol–water partition coefficient (Wildman–Crippen LogP) is 4.19. The van der Waals surface area contributed by atoms with Crippen LogP contribution in [0.15, 0.2) is 72.9 Å². The summed E-state index contributed by atoms with van der Waals surface area (Å²) in [5.41, 5.74) is 9.73. The van der Waals surface area contributed by atoms with Gasteiger partial charge in [-0.2, -0.15) is 5.10 Å². The average Bonchev–Trinajstić information content (AvgIpc) is 3.60. The number of nitrogens with one attached hydrogen (secondary N) is 2. The highest BCUT2D eigenvalue weighted by atomic mass is 16.7. The smallest absolute Gasteiger partial charge is 0.378 e. The summed E-state index contributed by atoms with van der Waals surface area (Å²) in [6.07, 6.45) is 4.88. The van der Waals surface area contributed by atoms with Gasteiger partial charge >= 0.3 is 6.09 Å². The van der Waals surface area contributed by atoms with Crippen LogP contribution in [0.1, 0.15) is 23.1 Å². The molecule has 1 unspecified atom stereocenters. The van der Waals surface area contributed by atoms with Crippen molar-refractivity contribution in [2.24, 2.45) is 0 Å². The van der Waals surface area contributed by atoms with Crippen LogP contribution in [0.25, 0.3) is 40.0 Å². The summed E-state index contributed by atoms with van der Waals surface area (Å²) in [5, 5.41) is 8.52. The second kappa shape index (κ2) is 9.82. The average molecular weight is 520 g/mol. The summed E-state index contributed by atoms with van der Waals surface area (Å²) in [7, 11) is 0. The molecule has 2 aliphatic heterocycles. The number of fused-ring (bicyclic) bond motifs is 2. The molecule has 10 nitrogen and oxygen atoms in total. The molecule has 1 atom stereocenters. The van der Waals surface area contributed by atoms with E-state index in [1.165, 1.54) is 0 Å². The first-order valence-electron chi connectivity index (χ1n) is 12.8. The number of hydrogen-bond donors (Lipinski definition) is 2. The van der Waals surface area contributed by atoms with E-state index in [9.17, 15) is 4.79 Å². The molecule has 3 aromatic heterocycles. The number of morpholine rings is 1. The number of hydrogen-bond acceptors (Lipinski definition) is 8. The Morgan fingerprint density at radius 3 is 2.59 bits per heavy atom. The van der Waals surface area contributed by atoms with Gasteiger partial charge in [0.15, 0.2) is 5.65 Å². The van der Waals surface area contributed by atoms with E-state index in [-0.39, 0.29) is 0 Å². The number of hydroxylamine groups is 1. The highest BCUT2D eigenvalue weighted by Crippen LogP contribution is 2.31. The first-order chi connectivity index (χ1) is 19.2. The Labute approximate surface area is 223 Å². The fourth-order valence-corrected chi connectivity index (χ4v) is 5.00. The normalized spacial score (nSPS) is 17.7. The minimum absolute atomic E-state index is 0.405. The van der Waals surface area contributed by atoms with E-state index in [0.717, 1.165) is 63.5 Å². The van der Waals surface area contributed by atoms with Crippen LogP contribution in [0.2, 0.25) is 0 Å². The number of rotatable bonds is 5. The van der Waals surface area contributed by atoms with Crippen LogP contribution < -0.4 is 15.7 Å². The fraction of sp³-hybridized carbons (Fsp3) is 0.172. The molecule has 0 saturated carbocycles. The van der Waals surface area contributed by atoms with Gasteiger partial charge in [0.25, 0.3) is 0 Å². The topological polar surface area (TPSA) is 106 Å². The number of imidazole rings is 1. The van der Waals surface area contributed by atoms with Crippen molar-refractivity contribution in [1.82, 2.24) is 30.4 Å². The molecular formula is C29H25N7O3. The summed E-state index contributed by atoms with van der Waals surface area (Å²) >= 11 is 0. The minimum Gasteiger partial charge on any atom is -0.378 e. The van der Waals surface area contributed by atoms with E-state index in [1.54, 1.807) is 0 Å². The van der Waals surface area contributed by atoms with E-state index in [1.807, 2.05) is 77.5 Å². The standard InChI is InChI=1S/C29H25N7O3/c37-29-33-27(34-39-29)21-7-5-20(6-8-21)26-24(12-11-22-10-9-19-3-1-2-4-23(19)31-22)32-28-25(13-14-30-36(26)28)35-15-17-38-18-16-35/h1-14,27,34H,15-18H2,(H,33,37)/b12-11+. The van der Waals surface area contributed by atoms with Crippen LogP contribution >= 0.6 is 0 Å². The van der Waals surface area contributed by atoms with Gasteiger partial charge in [-0.05, 0) is 35.9 Å². The molecule has 5 heterocycles. The minimum atomic E-state index is -0.500. The molecule has 0 spiro atoms. The molecular weight excluding hydrogens is 494 g/mol. The molecule has 10 heteroatoms. The van der Waals surface area contributed by atoms with E-state index in [0.29, 0.717) is 13.2 Å². The monoisotopic (exact) mass is 519 g/mol. The first kappa shape index (κ1) is 23.3. The van der Waals surface area contributed by atoms with Gasteiger partial charge in [-0.25, -0.2) is 19.3 Å². The molecule has 5 aromatic rings. The van der Waals surface area contributed by atoms with Gasteiger partial charge in [-0.3, -0.25) is 5.32 Å². The summed E-state index contributed by atoms with van der Waals surface area (Å²) in [6, 6.07) is 22.0. The summed E-state index contributed by atoms with van der Waals surface area (Å²) in [5.74, 6) is 0. The van der Waals surface area contributed by atoms with Crippen molar-refractivity contribution in [3.8, 4) is 11.3 Å². The third-order valence-corrected chi connectivity index (χ3v) is 6.96. The van der Waals surface area contributed by atoms with Crippen LogP contribution in [-0.4, -0.2) is 52.0 Å². The van der Waals surface area contributed by atoms with E-state index in [4.69, 9.17) is 24.6 Å². The quantitative estimate of drug-likeness (QED) is 0.356. The molecule has 0 radical (unpaired) electrons. The lowest BCUT2D eigenvalue weighted by Crippen LogP contribution is -2.36. The number of anilines is 1. The Morgan fingerprint density at radius 2 is 1.77 bits per heavy atom. The Kier molecular flexibility index (Phi) is 5.87. The highest BCUT2D eigenvalue weighted by Gasteiger charge is 2.24. The van der Waals surface area contributed by atoms with Crippen molar-refractivity contribution in [2.75, 3.05) is 31.2 Å². The fourth-order valence-electron chi connectivity index (χ4n) is 5.00. The number of amides is 1. The Morgan fingerprint density at radius 1 is 0.923 bits per heavy atom. The molecule has 0 aliphatic carbocycles. The van der Waals surface area contributed by atoms with Gasteiger partial charge in [-0.15, -0.1) is 5.48 Å². The summed E-state index contributed by atoms with van der Waals surface area (Å²) in [4.78, 5) is 28.4. The number of benzene rings is 2. The zero-order valence-corrected chi connectivity index (χ0v) is 20.9. The van der Waals surface area contributed by atoms with Crippen molar-refractivity contribution in [1.29, 1.82) is 0 Å². The molecule has 2 aliphatic rings. The van der Waals surface area contributed by atoms with Gasteiger partial charge < -0.3 is 14.5 Å². The van der Waals surface area contributed by atoms with E-state index >= 15 is 0 Å². The molecule has 194 valence electrons. The third-order valence-electron chi connectivity index (χ3n) is 6.96. The van der Waals surface area contributed by atoms with E-state index in [2.05, 4.69) is 27.8 Å². The Hall–Kier alpha value is -4.80. The number of ether oxygens (including phenoxy) is 1. The van der Waals surface area contributed by atoms with Crippen LogP contribution in [0, 0.1) is 0 Å². The van der Waals surface area contributed by atoms with Crippen molar-refractivity contribution in [3.05, 3.63) is 89.9 Å². The van der Waals surface area contributed by atoms with Crippen LogP contribution in [0.5, 0.6) is 0 Å². The third kappa shape index (κ3) is 4.45. The van der Waals surface area contributed by atoms with Gasteiger partial charge in [0.2, 0.25) is 0 Å². The maximum atomic E-state index is 11.5. The molecule has 2 fully saturated rings. The second-order valence-electron chi connectivity index (χ2n) is 9.37. The van der Waals surface area contributed by atoms with Gasteiger partial charge in [0.05, 0.1) is 42.0 Å². The number of nitrogens with zero attached hydrogens (tertiary/aromatic N) is 5. The number of pyridine rings is 1. The summed E-state index contributed by atoms with van der Waals surface area (Å²) < 4.78 is 7.46. The second-order valence-corrected chi connectivity index (χ2v) is 9.37. The maximum absolute atomic E-state index is 11.5. The zero-order chi connectivity index (χ0) is 26.2. The van der Waals surface area contributed by atoms with Crippen molar-refractivity contribution < 1.29 is 14.4 Å². The van der Waals surface area contributed by atoms with Crippen molar-refractivity contribution in [3.63, 3.8) is 0 Å². The largest absolute Gasteiger partial charge is 0.427 e. The maximum Gasteiger partial charge on any atom is 0.427 e. The number of carbonyl (C=O) groups is 1. The Bertz CT molecular complexity index is 1710. The lowest BCUT2D eigenvalue weighted by molar-refractivity contribution is 0.121. The predicted molar refractivity (Wildman–Crippen MR) is 148 cm³/mol. The van der Waals surface area contributed by atoms with Gasteiger partial charge in [0, 0.05) is 24.0 Å². The van der Waals surface area contributed by atoms with Crippen LogP contribution in [0.4, 0.5) is 10.5 Å². The lowest BCUT2D eigenvalue weighted by Gasteiger charge is -2.28. The van der Waals surface area contributed by atoms with E-state index < -0.39 is 12.3 Å². The molecule has 0 bridgehead atoms. The SMILES string of the molecule is O=C1NC(c2ccc(-c3c(/C=C/c4ccc5ccccc5n4)nc4c(N5CCOCC5)ccnn34)cc2)NO1. The van der Waals surface area contributed by atoms with Crippen LogP contribution in [0.3, 0.4) is 0 Å². The zero-order valence-electron chi connectivity index (χ0n) is 20.9. The van der Waals surface area contributed by atoms with Gasteiger partial charge in [-0.1, -0.05) is 48.5 Å². The molecule has 2 aromatic carbocycles. The van der Waals surface area contributed by atoms with Crippen molar-refractivity contribution >= 4 is 40.5 Å². The highest BCUT2D eigenvalue weighted by molar-refractivity contribution is 5.84. The number of aromatic nitrogens is 4. The summed E-state index contributed by atoms with van der Waals surface area (Å²) in [6.45, 7) is 2.95. The molecule has 39 heavy (non-hydrogen) atoms. The van der Waals surface area contributed by atoms with Crippen LogP contribution in [-0.2, 0) is 9.57 Å². The van der Waals surface area contributed by atoms with Gasteiger partial charge in [0.1, 0.15) is 11.9 Å². The Balaban J connectivity index is 1.32. The molecule has 7 rings (SSSR count).